The van der Waals surface area contributed by atoms with Crippen LogP contribution in [0.1, 0.15) is 0 Å². The summed E-state index contributed by atoms with van der Waals surface area (Å²) in [6.07, 6.45) is 1.90. The predicted octanol–water partition coefficient (Wildman–Crippen LogP) is 2.59. The molecule has 0 aliphatic rings. The average Bonchev–Trinajstić information content (AvgIpc) is 2.30. The van der Waals surface area contributed by atoms with Crippen LogP contribution in [0.3, 0.4) is 0 Å². The maximum Gasteiger partial charge on any atom is 0.146 e. The van der Waals surface area contributed by atoms with Crippen LogP contribution in [0, 0.1) is 3.70 Å². The Kier molecular flexibility index (Phi) is 1.77. The van der Waals surface area contributed by atoms with Crippen molar-refractivity contribution in [3.05, 3.63) is 33.2 Å². The van der Waals surface area contributed by atoms with Gasteiger partial charge in [-0.2, -0.15) is 0 Å². The van der Waals surface area contributed by atoms with Gasteiger partial charge in [-0.1, -0.05) is 17.7 Å². The minimum atomic E-state index is 0.682. The molecule has 0 radical (unpaired) electrons. The lowest BCUT2D eigenvalue weighted by molar-refractivity contribution is 1.19. The van der Waals surface area contributed by atoms with Crippen molar-refractivity contribution in [2.24, 2.45) is 0 Å². The van der Waals surface area contributed by atoms with Crippen molar-refractivity contribution in [3.8, 4) is 0 Å². The van der Waals surface area contributed by atoms with Crippen LogP contribution in [0.15, 0.2) is 24.4 Å². The van der Waals surface area contributed by atoms with Gasteiger partial charge in [0.25, 0.3) is 0 Å². The Morgan fingerprint density at radius 2 is 2.27 bits per heavy atom. The molecule has 2 nitrogen and oxygen atoms in total. The van der Waals surface area contributed by atoms with Crippen LogP contribution in [-0.4, -0.2) is 9.38 Å². The number of pyridine rings is 1. The van der Waals surface area contributed by atoms with Gasteiger partial charge in [0, 0.05) is 6.20 Å². The quantitative estimate of drug-likeness (QED) is 0.677. The van der Waals surface area contributed by atoms with Gasteiger partial charge < -0.3 is 0 Å². The first kappa shape index (κ1) is 7.36. The van der Waals surface area contributed by atoms with E-state index in [1.54, 1.807) is 0 Å². The molecular weight excluding hydrogens is 274 g/mol. The molecule has 0 spiro atoms. The highest BCUT2D eigenvalue weighted by Gasteiger charge is 2.04. The van der Waals surface area contributed by atoms with Gasteiger partial charge in [-0.3, -0.25) is 4.40 Å². The molecule has 0 unspecified atom stereocenters. The molecule has 2 aromatic rings. The number of fused-ring (bicyclic) bond motifs is 1. The van der Waals surface area contributed by atoms with E-state index in [-0.39, 0.29) is 0 Å². The number of aromatic nitrogens is 2. The molecule has 2 aromatic heterocycles. The monoisotopic (exact) mass is 278 g/mol. The zero-order chi connectivity index (χ0) is 7.84. The smallest absolute Gasteiger partial charge is 0.146 e. The van der Waals surface area contributed by atoms with Gasteiger partial charge in [0.15, 0.2) is 0 Å². The fourth-order valence-corrected chi connectivity index (χ4v) is 1.63. The molecule has 0 saturated heterocycles. The van der Waals surface area contributed by atoms with E-state index >= 15 is 0 Å². The Hall–Kier alpha value is -0.290. The van der Waals surface area contributed by atoms with Crippen molar-refractivity contribution < 1.29 is 0 Å². The molecule has 0 atom stereocenters. The van der Waals surface area contributed by atoms with E-state index in [1.807, 2.05) is 28.8 Å². The number of imidazole rings is 1. The topological polar surface area (TPSA) is 17.3 Å². The van der Waals surface area contributed by atoms with Crippen LogP contribution in [0.25, 0.3) is 5.65 Å². The zero-order valence-corrected chi connectivity index (χ0v) is 8.37. The van der Waals surface area contributed by atoms with E-state index in [1.165, 1.54) is 0 Å². The largest absolute Gasteiger partial charge is 0.290 e. The second-order valence-corrected chi connectivity index (χ2v) is 3.50. The van der Waals surface area contributed by atoms with E-state index in [4.69, 9.17) is 11.6 Å². The lowest BCUT2D eigenvalue weighted by Gasteiger charge is -1.90. The number of rotatable bonds is 0. The minimum absolute atomic E-state index is 0.682. The van der Waals surface area contributed by atoms with Crippen LogP contribution < -0.4 is 0 Å². The summed E-state index contributed by atoms with van der Waals surface area (Å²) in [6, 6.07) is 5.79. The highest BCUT2D eigenvalue weighted by atomic mass is 127. The third kappa shape index (κ3) is 1.12. The van der Waals surface area contributed by atoms with Gasteiger partial charge in [0.05, 0.1) is 0 Å². The zero-order valence-electron chi connectivity index (χ0n) is 5.46. The van der Waals surface area contributed by atoms with Crippen molar-refractivity contribution in [3.63, 3.8) is 0 Å². The molecule has 4 heteroatoms. The first-order valence-corrected chi connectivity index (χ1v) is 4.53. The molecule has 0 amide bonds. The summed E-state index contributed by atoms with van der Waals surface area (Å²) in [5.41, 5.74) is 0.891. The fourth-order valence-electron chi connectivity index (χ4n) is 0.937. The van der Waals surface area contributed by atoms with Crippen molar-refractivity contribution >= 4 is 39.8 Å². The summed E-state index contributed by atoms with van der Waals surface area (Å²) in [7, 11) is 0. The van der Waals surface area contributed by atoms with E-state index in [0.29, 0.717) is 5.15 Å². The van der Waals surface area contributed by atoms with Gasteiger partial charge in [-0.25, -0.2) is 4.98 Å². The third-order valence-electron chi connectivity index (χ3n) is 1.43. The van der Waals surface area contributed by atoms with Gasteiger partial charge in [-0.05, 0) is 34.7 Å². The molecule has 2 rings (SSSR count). The maximum atomic E-state index is 5.93. The third-order valence-corrected chi connectivity index (χ3v) is 2.86. The molecule has 2 heterocycles. The van der Waals surface area contributed by atoms with Crippen molar-refractivity contribution in [1.82, 2.24) is 9.38 Å². The van der Waals surface area contributed by atoms with Crippen LogP contribution >= 0.6 is 34.2 Å². The second-order valence-electron chi connectivity index (χ2n) is 2.12. The number of halogens is 2. The van der Waals surface area contributed by atoms with E-state index in [0.717, 1.165) is 9.35 Å². The molecular formula is C7H4ClIN2. The Balaban J connectivity index is 2.92. The molecule has 0 fully saturated rings. The predicted molar refractivity (Wildman–Crippen MR) is 52.9 cm³/mol. The Morgan fingerprint density at radius 1 is 1.45 bits per heavy atom. The fraction of sp³-hybridized carbons (Fsp3) is 0. The molecule has 11 heavy (non-hydrogen) atoms. The second kappa shape index (κ2) is 2.64. The van der Waals surface area contributed by atoms with Crippen LogP contribution in [0.5, 0.6) is 0 Å². The average molecular weight is 278 g/mol. The lowest BCUT2D eigenvalue weighted by atomic mass is 10.5. The SMILES string of the molecule is Clc1c(I)nc2ccccn12. The molecule has 0 aromatic carbocycles. The number of hydrogen-bond donors (Lipinski definition) is 0. The van der Waals surface area contributed by atoms with Gasteiger partial charge in [0.1, 0.15) is 14.5 Å². The number of hydrogen-bond acceptors (Lipinski definition) is 1. The standard InChI is InChI=1S/C7H4ClIN2/c8-6-7(9)10-5-3-1-2-4-11(5)6/h1-4H. The summed E-state index contributed by atoms with van der Waals surface area (Å²) in [5.74, 6) is 0. The highest BCUT2D eigenvalue weighted by molar-refractivity contribution is 14.1. The first-order valence-electron chi connectivity index (χ1n) is 3.07. The molecule has 0 N–H and O–H groups in total. The summed E-state index contributed by atoms with van der Waals surface area (Å²) >= 11 is 8.05. The van der Waals surface area contributed by atoms with E-state index in [2.05, 4.69) is 27.6 Å². The highest BCUT2D eigenvalue weighted by Crippen LogP contribution is 2.18. The molecule has 56 valence electrons. The first-order chi connectivity index (χ1) is 5.29. The van der Waals surface area contributed by atoms with Gasteiger partial charge in [0.2, 0.25) is 0 Å². The summed E-state index contributed by atoms with van der Waals surface area (Å²) in [4.78, 5) is 4.23. The number of nitrogens with zero attached hydrogens (tertiary/aromatic N) is 2. The normalized spacial score (nSPS) is 10.7. The van der Waals surface area contributed by atoms with Gasteiger partial charge in [-0.15, -0.1) is 0 Å². The van der Waals surface area contributed by atoms with Crippen molar-refractivity contribution in [1.29, 1.82) is 0 Å². The maximum absolute atomic E-state index is 5.93. The van der Waals surface area contributed by atoms with Crippen molar-refractivity contribution in [2.45, 2.75) is 0 Å². The molecule has 0 saturated carbocycles. The van der Waals surface area contributed by atoms with E-state index in [9.17, 15) is 0 Å². The minimum Gasteiger partial charge on any atom is -0.290 e. The van der Waals surface area contributed by atoms with Crippen molar-refractivity contribution in [2.75, 3.05) is 0 Å². The molecule has 0 bridgehead atoms. The molecule has 0 aliphatic carbocycles. The summed E-state index contributed by atoms with van der Waals surface area (Å²) in [6.45, 7) is 0. The molecule has 0 aliphatic heterocycles. The summed E-state index contributed by atoms with van der Waals surface area (Å²) in [5, 5.41) is 0.682. The van der Waals surface area contributed by atoms with E-state index < -0.39 is 0 Å². The van der Waals surface area contributed by atoms with Gasteiger partial charge >= 0.3 is 0 Å². The Bertz CT molecular complexity index is 396. The lowest BCUT2D eigenvalue weighted by Crippen LogP contribution is -1.80. The van der Waals surface area contributed by atoms with Crippen LogP contribution in [-0.2, 0) is 0 Å². The Labute approximate surface area is 82.3 Å². The van der Waals surface area contributed by atoms with Crippen LogP contribution in [0.2, 0.25) is 5.15 Å². The van der Waals surface area contributed by atoms with Crippen LogP contribution in [0.4, 0.5) is 0 Å². The summed E-state index contributed by atoms with van der Waals surface area (Å²) < 4.78 is 2.69. The Morgan fingerprint density at radius 3 is 3.00 bits per heavy atom.